The maximum absolute atomic E-state index is 3.86. The monoisotopic (exact) mass is 411 g/mol. The van der Waals surface area contributed by atoms with Gasteiger partial charge in [-0.05, 0) is 58.9 Å². The fourth-order valence-electron chi connectivity index (χ4n) is 4.02. The number of hydrogen-bond donors (Lipinski definition) is 5. The Kier molecular flexibility index (Phi) is 18.3. The molecule has 1 aliphatic rings. The van der Waals surface area contributed by atoms with Crippen LogP contribution in [-0.2, 0) is 0 Å². The van der Waals surface area contributed by atoms with Crippen molar-refractivity contribution in [2.24, 2.45) is 0 Å². The minimum Gasteiger partial charge on any atom is -0.315 e. The van der Waals surface area contributed by atoms with Crippen molar-refractivity contribution >= 4 is 0 Å². The van der Waals surface area contributed by atoms with Gasteiger partial charge in [0, 0.05) is 31.7 Å². The van der Waals surface area contributed by atoms with Gasteiger partial charge in [-0.3, -0.25) is 0 Å². The fraction of sp³-hybridized carbons (Fsp3) is 1.00. The van der Waals surface area contributed by atoms with Crippen LogP contribution >= 0.6 is 0 Å². The highest BCUT2D eigenvalue weighted by Gasteiger charge is 2.22. The molecule has 29 heavy (non-hydrogen) atoms. The normalized spacial score (nSPS) is 20.1. The molecule has 0 amide bonds. The minimum absolute atomic E-state index is 0.139. The first-order valence-corrected chi connectivity index (χ1v) is 12.8. The van der Waals surface area contributed by atoms with E-state index in [9.17, 15) is 0 Å². The van der Waals surface area contributed by atoms with Gasteiger partial charge < -0.3 is 26.6 Å². The van der Waals surface area contributed by atoms with Crippen LogP contribution in [0.25, 0.3) is 0 Å². The van der Waals surface area contributed by atoms with Crippen LogP contribution in [0, 0.1) is 0 Å². The summed E-state index contributed by atoms with van der Waals surface area (Å²) in [6.45, 7) is 14.4. The predicted molar refractivity (Wildman–Crippen MR) is 129 cm³/mol. The molecule has 0 aromatic rings. The molecular weight excluding hydrogens is 358 g/mol. The summed E-state index contributed by atoms with van der Waals surface area (Å²) in [6.07, 6.45) is 16.4. The third-order valence-corrected chi connectivity index (χ3v) is 6.01. The number of hydrogen-bond acceptors (Lipinski definition) is 5. The molecule has 1 fully saturated rings. The molecule has 0 aromatic heterocycles. The molecular formula is C24H53N5. The molecule has 1 rings (SSSR count). The van der Waals surface area contributed by atoms with E-state index in [1.807, 2.05) is 0 Å². The molecule has 0 unspecified atom stereocenters. The highest BCUT2D eigenvalue weighted by Crippen LogP contribution is 2.10. The average Bonchev–Trinajstić information content (AvgIpc) is 2.72. The summed E-state index contributed by atoms with van der Waals surface area (Å²) < 4.78 is 0. The predicted octanol–water partition coefficient (Wildman–Crippen LogP) is 3.41. The van der Waals surface area contributed by atoms with E-state index in [1.54, 1.807) is 0 Å². The Morgan fingerprint density at radius 2 is 1.03 bits per heavy atom. The van der Waals surface area contributed by atoms with Crippen LogP contribution in [0.1, 0.15) is 90.9 Å². The lowest BCUT2D eigenvalue weighted by molar-refractivity contribution is 0.315. The van der Waals surface area contributed by atoms with Gasteiger partial charge in [-0.15, -0.1) is 0 Å². The molecule has 0 bridgehead atoms. The molecule has 5 N–H and O–H groups in total. The Balaban J connectivity index is 2.13. The van der Waals surface area contributed by atoms with E-state index in [0.717, 1.165) is 58.9 Å². The summed E-state index contributed by atoms with van der Waals surface area (Å²) in [6, 6.07) is 0. The van der Waals surface area contributed by atoms with Crippen molar-refractivity contribution < 1.29 is 0 Å². The molecule has 0 radical (unpaired) electrons. The van der Waals surface area contributed by atoms with Crippen LogP contribution in [0.4, 0.5) is 0 Å². The molecule has 0 aliphatic carbocycles. The Labute approximate surface area is 182 Å². The van der Waals surface area contributed by atoms with E-state index in [-0.39, 0.29) is 5.54 Å². The zero-order valence-electron chi connectivity index (χ0n) is 19.8. The van der Waals surface area contributed by atoms with Crippen molar-refractivity contribution in [3.05, 3.63) is 0 Å². The summed E-state index contributed by atoms with van der Waals surface area (Å²) in [4.78, 5) is 0. The largest absolute Gasteiger partial charge is 0.315 e. The van der Waals surface area contributed by atoms with Gasteiger partial charge in [0.2, 0.25) is 0 Å². The fourth-order valence-corrected chi connectivity index (χ4v) is 4.02. The van der Waals surface area contributed by atoms with E-state index >= 15 is 0 Å². The van der Waals surface area contributed by atoms with Crippen LogP contribution in [-0.4, -0.2) is 64.4 Å². The number of nitrogens with one attached hydrogen (secondary N) is 5. The van der Waals surface area contributed by atoms with E-state index in [1.165, 1.54) is 77.0 Å². The highest BCUT2D eigenvalue weighted by molar-refractivity contribution is 4.88. The van der Waals surface area contributed by atoms with Gasteiger partial charge in [-0.1, -0.05) is 64.7 Å². The summed E-state index contributed by atoms with van der Waals surface area (Å²) in [7, 11) is 0. The maximum atomic E-state index is 3.86. The third kappa shape index (κ3) is 17.2. The molecule has 1 aliphatic heterocycles. The van der Waals surface area contributed by atoms with Crippen LogP contribution in [0.15, 0.2) is 0 Å². The van der Waals surface area contributed by atoms with Gasteiger partial charge >= 0.3 is 0 Å². The van der Waals surface area contributed by atoms with Crippen LogP contribution in [0.3, 0.4) is 0 Å². The van der Waals surface area contributed by atoms with Crippen LogP contribution in [0.5, 0.6) is 0 Å². The van der Waals surface area contributed by atoms with Gasteiger partial charge in [0.15, 0.2) is 0 Å². The first-order valence-electron chi connectivity index (χ1n) is 12.8. The van der Waals surface area contributed by atoms with Crippen molar-refractivity contribution in [3.63, 3.8) is 0 Å². The minimum atomic E-state index is 0.139. The Hall–Kier alpha value is -0.200. The standard InChI is InChI=1S/C24H53N5/c1-3-4-5-6-7-8-9-10-11-12-19-29-24(2)22-27-17-13-15-25-20-21-26-16-14-18-28-23-24/h25-29H,3-23H2,1-2H3. The Bertz CT molecular complexity index is 321. The average molecular weight is 412 g/mol. The second-order valence-electron chi connectivity index (χ2n) is 9.23. The van der Waals surface area contributed by atoms with Gasteiger partial charge in [-0.25, -0.2) is 0 Å². The summed E-state index contributed by atoms with van der Waals surface area (Å²) in [5.74, 6) is 0. The van der Waals surface area contributed by atoms with E-state index < -0.39 is 0 Å². The SMILES string of the molecule is CCCCCCCCCCCCNC1(C)CNCCCNCCNCCCNC1. The lowest BCUT2D eigenvalue weighted by Crippen LogP contribution is -2.56. The van der Waals surface area contributed by atoms with Gasteiger partial charge in [-0.2, -0.15) is 0 Å². The van der Waals surface area contributed by atoms with Gasteiger partial charge in [0.25, 0.3) is 0 Å². The molecule has 1 heterocycles. The molecule has 1 saturated heterocycles. The molecule has 5 heteroatoms. The van der Waals surface area contributed by atoms with Crippen molar-refractivity contribution in [3.8, 4) is 0 Å². The Morgan fingerprint density at radius 1 is 0.586 bits per heavy atom. The van der Waals surface area contributed by atoms with Crippen molar-refractivity contribution in [2.45, 2.75) is 96.4 Å². The zero-order chi connectivity index (χ0) is 20.9. The molecule has 0 spiro atoms. The third-order valence-electron chi connectivity index (χ3n) is 6.01. The summed E-state index contributed by atoms with van der Waals surface area (Å²) in [5.41, 5.74) is 0.139. The first kappa shape index (κ1) is 26.8. The molecule has 0 aromatic carbocycles. The van der Waals surface area contributed by atoms with Gasteiger partial charge in [0.05, 0.1) is 0 Å². The van der Waals surface area contributed by atoms with Crippen molar-refractivity contribution in [1.82, 2.24) is 26.6 Å². The zero-order valence-corrected chi connectivity index (χ0v) is 19.8. The quantitative estimate of drug-likeness (QED) is 0.319. The highest BCUT2D eigenvalue weighted by atomic mass is 15.1. The molecule has 0 saturated carbocycles. The maximum Gasteiger partial charge on any atom is 0.0403 e. The first-order chi connectivity index (χ1) is 14.3. The van der Waals surface area contributed by atoms with Crippen LogP contribution < -0.4 is 26.6 Å². The lowest BCUT2D eigenvalue weighted by atomic mass is 10.0. The molecule has 0 atom stereocenters. The topological polar surface area (TPSA) is 60.1 Å². The second kappa shape index (κ2) is 19.7. The second-order valence-corrected chi connectivity index (χ2v) is 9.23. The van der Waals surface area contributed by atoms with E-state index in [2.05, 4.69) is 40.4 Å². The number of rotatable bonds is 12. The lowest BCUT2D eigenvalue weighted by Gasteiger charge is -2.32. The van der Waals surface area contributed by atoms with E-state index in [0.29, 0.717) is 0 Å². The molecule has 5 nitrogen and oxygen atoms in total. The number of unbranched alkanes of at least 4 members (excludes halogenated alkanes) is 9. The molecule has 174 valence electrons. The summed E-state index contributed by atoms with van der Waals surface area (Å²) in [5, 5.41) is 18.2. The van der Waals surface area contributed by atoms with Crippen LogP contribution in [0.2, 0.25) is 0 Å². The van der Waals surface area contributed by atoms with Crippen molar-refractivity contribution in [2.75, 3.05) is 58.9 Å². The van der Waals surface area contributed by atoms with E-state index in [4.69, 9.17) is 0 Å². The Morgan fingerprint density at radius 3 is 1.55 bits per heavy atom. The smallest absolute Gasteiger partial charge is 0.0403 e. The summed E-state index contributed by atoms with van der Waals surface area (Å²) >= 11 is 0. The van der Waals surface area contributed by atoms with Crippen molar-refractivity contribution in [1.29, 1.82) is 0 Å². The van der Waals surface area contributed by atoms with Gasteiger partial charge in [0.1, 0.15) is 0 Å².